The molecular weight excluding hydrogens is 488 g/mol. The fourth-order valence-corrected chi connectivity index (χ4v) is 3.53. The minimum atomic E-state index is -1.44. The molecule has 0 aliphatic rings. The van der Waals surface area contributed by atoms with Gasteiger partial charge in [0.05, 0.1) is 7.11 Å². The predicted molar refractivity (Wildman–Crippen MR) is 138 cm³/mol. The number of amides is 2. The van der Waals surface area contributed by atoms with Crippen molar-refractivity contribution in [1.82, 2.24) is 10.6 Å². The lowest BCUT2D eigenvalue weighted by Gasteiger charge is -2.21. The second-order valence-corrected chi connectivity index (χ2v) is 8.36. The van der Waals surface area contributed by atoms with E-state index >= 15 is 0 Å². The van der Waals surface area contributed by atoms with Gasteiger partial charge in [-0.05, 0) is 16.7 Å². The Morgan fingerprint density at radius 1 is 0.684 bits per heavy atom. The highest BCUT2D eigenvalue weighted by Gasteiger charge is 2.33. The van der Waals surface area contributed by atoms with E-state index in [-0.39, 0.29) is 19.6 Å². The molecule has 9 heteroatoms. The van der Waals surface area contributed by atoms with Gasteiger partial charge in [0.1, 0.15) is 19.3 Å². The predicted octanol–water partition coefficient (Wildman–Crippen LogP) is 3.17. The van der Waals surface area contributed by atoms with Gasteiger partial charge >= 0.3 is 18.0 Å². The third kappa shape index (κ3) is 9.09. The van der Waals surface area contributed by atoms with Crippen molar-refractivity contribution >= 4 is 23.9 Å². The van der Waals surface area contributed by atoms with Crippen molar-refractivity contribution in [1.29, 1.82) is 0 Å². The molecule has 2 N–H and O–H groups in total. The molecule has 3 aromatic carbocycles. The van der Waals surface area contributed by atoms with E-state index in [0.717, 1.165) is 16.7 Å². The number of hydrogen-bond acceptors (Lipinski definition) is 7. The van der Waals surface area contributed by atoms with Crippen LogP contribution in [0.5, 0.6) is 0 Å². The highest BCUT2D eigenvalue weighted by molar-refractivity contribution is 6.00. The molecule has 0 unspecified atom stereocenters. The first kappa shape index (κ1) is 27.9. The number of methoxy groups -OCH3 is 1. The van der Waals surface area contributed by atoms with E-state index in [9.17, 15) is 19.2 Å². The van der Waals surface area contributed by atoms with Gasteiger partial charge in [0.2, 0.25) is 5.91 Å². The van der Waals surface area contributed by atoms with Gasteiger partial charge in [-0.1, -0.05) is 91.0 Å². The van der Waals surface area contributed by atoms with E-state index in [4.69, 9.17) is 14.2 Å². The molecule has 198 valence electrons. The van der Waals surface area contributed by atoms with Gasteiger partial charge in [0, 0.05) is 13.0 Å². The highest BCUT2D eigenvalue weighted by atomic mass is 16.6. The maximum atomic E-state index is 13.2. The van der Waals surface area contributed by atoms with Gasteiger partial charge in [-0.15, -0.1) is 0 Å². The summed E-state index contributed by atoms with van der Waals surface area (Å²) in [6, 6.07) is 26.0. The van der Waals surface area contributed by atoms with Crippen LogP contribution in [0.1, 0.15) is 16.7 Å². The third-order valence-electron chi connectivity index (χ3n) is 5.57. The number of rotatable bonds is 12. The Labute approximate surface area is 221 Å². The number of ether oxygens (including phenoxy) is 3. The summed E-state index contributed by atoms with van der Waals surface area (Å²) in [7, 11) is 1.21. The summed E-state index contributed by atoms with van der Waals surface area (Å²) in [5.74, 6) is -3.77. The maximum Gasteiger partial charge on any atom is 0.407 e. The molecule has 0 aromatic heterocycles. The van der Waals surface area contributed by atoms with Gasteiger partial charge in [-0.25, -0.2) is 9.59 Å². The van der Waals surface area contributed by atoms with Crippen molar-refractivity contribution < 1.29 is 33.4 Å². The molecule has 0 saturated heterocycles. The van der Waals surface area contributed by atoms with Crippen LogP contribution in [0.15, 0.2) is 91.0 Å². The number of carbonyl (C=O) groups is 4. The first-order valence-electron chi connectivity index (χ1n) is 12.0. The van der Waals surface area contributed by atoms with E-state index in [1.165, 1.54) is 7.11 Å². The molecule has 3 rings (SSSR count). The maximum absolute atomic E-state index is 13.2. The second-order valence-electron chi connectivity index (χ2n) is 8.36. The molecule has 3 aromatic rings. The van der Waals surface area contributed by atoms with Crippen molar-refractivity contribution in [2.45, 2.75) is 25.7 Å². The van der Waals surface area contributed by atoms with Crippen LogP contribution < -0.4 is 10.6 Å². The Kier molecular flexibility index (Phi) is 10.9. The van der Waals surface area contributed by atoms with Crippen molar-refractivity contribution in [3.05, 3.63) is 108 Å². The first-order chi connectivity index (χ1) is 18.5. The number of hydrogen-bond donors (Lipinski definition) is 2. The molecule has 0 radical (unpaired) electrons. The van der Waals surface area contributed by atoms with Crippen LogP contribution in [-0.2, 0) is 48.2 Å². The monoisotopic (exact) mass is 518 g/mol. The van der Waals surface area contributed by atoms with Gasteiger partial charge in [0.15, 0.2) is 5.92 Å². The van der Waals surface area contributed by atoms with Crippen molar-refractivity contribution in [2.75, 3.05) is 13.7 Å². The minimum absolute atomic E-state index is 0.0173. The van der Waals surface area contributed by atoms with Crippen LogP contribution in [0.2, 0.25) is 0 Å². The van der Waals surface area contributed by atoms with Crippen LogP contribution in [0.25, 0.3) is 0 Å². The quantitative estimate of drug-likeness (QED) is 0.215. The molecule has 0 fully saturated rings. The summed E-state index contributed by atoms with van der Waals surface area (Å²) in [6.07, 6.45) is -0.659. The van der Waals surface area contributed by atoms with E-state index in [1.807, 2.05) is 30.3 Å². The highest BCUT2D eigenvalue weighted by Crippen LogP contribution is 2.09. The van der Waals surface area contributed by atoms with Gasteiger partial charge < -0.3 is 24.8 Å². The average Bonchev–Trinajstić information content (AvgIpc) is 2.96. The fraction of sp³-hybridized carbons (Fsp3) is 0.241. The zero-order valence-corrected chi connectivity index (χ0v) is 21.0. The normalized spacial score (nSPS) is 11.9. The standard InChI is InChI=1S/C29H30N2O7/c1-36-28(34)25(17-21-11-5-2-6-12-21)31-26(32)24(27(33)37-19-22-13-7-3-8-14-22)18-30-29(35)38-20-23-15-9-4-10-16-23/h2-16,24-25H,17-20H2,1H3,(H,30,35)(H,31,32)/t24-,25-/m0/s1. The second kappa shape index (κ2) is 14.8. The number of alkyl carbamates (subject to hydrolysis) is 1. The lowest BCUT2D eigenvalue weighted by molar-refractivity contribution is -0.155. The lowest BCUT2D eigenvalue weighted by Crippen LogP contribution is -2.50. The summed E-state index contributed by atoms with van der Waals surface area (Å²) in [6.45, 7) is -0.442. The summed E-state index contributed by atoms with van der Waals surface area (Å²) in [5, 5.41) is 5.01. The largest absolute Gasteiger partial charge is 0.467 e. The molecule has 2 amide bonds. The van der Waals surface area contributed by atoms with Crippen LogP contribution >= 0.6 is 0 Å². The molecule has 38 heavy (non-hydrogen) atoms. The van der Waals surface area contributed by atoms with Crippen molar-refractivity contribution in [2.24, 2.45) is 5.92 Å². The SMILES string of the molecule is COC(=O)[C@H](Cc1ccccc1)NC(=O)[C@H](CNC(=O)OCc1ccccc1)C(=O)OCc1ccccc1. The molecule has 0 bridgehead atoms. The van der Waals surface area contributed by atoms with E-state index in [0.29, 0.717) is 0 Å². The van der Waals surface area contributed by atoms with Gasteiger partial charge in [0.25, 0.3) is 0 Å². The fourth-order valence-electron chi connectivity index (χ4n) is 3.53. The van der Waals surface area contributed by atoms with Crippen LogP contribution in [0.4, 0.5) is 4.79 Å². The third-order valence-corrected chi connectivity index (χ3v) is 5.57. The molecule has 0 aliphatic heterocycles. The van der Waals surface area contributed by atoms with E-state index < -0.39 is 42.4 Å². The average molecular weight is 519 g/mol. The molecular formula is C29H30N2O7. The van der Waals surface area contributed by atoms with Crippen LogP contribution in [-0.4, -0.2) is 43.6 Å². The summed E-state index contributed by atoms with van der Waals surface area (Å²) in [4.78, 5) is 50.8. The molecule has 2 atom stereocenters. The Balaban J connectivity index is 1.67. The molecule has 0 saturated carbocycles. The van der Waals surface area contributed by atoms with Crippen molar-refractivity contribution in [3.63, 3.8) is 0 Å². The number of esters is 2. The summed E-state index contributed by atoms with van der Waals surface area (Å²) >= 11 is 0. The topological polar surface area (TPSA) is 120 Å². The smallest absolute Gasteiger partial charge is 0.407 e. The van der Waals surface area contributed by atoms with Gasteiger partial charge in [-0.3, -0.25) is 9.59 Å². The molecule has 0 spiro atoms. The minimum Gasteiger partial charge on any atom is -0.467 e. The molecule has 0 aliphatic carbocycles. The molecule has 9 nitrogen and oxygen atoms in total. The zero-order chi connectivity index (χ0) is 27.2. The van der Waals surface area contributed by atoms with Crippen LogP contribution in [0.3, 0.4) is 0 Å². The lowest BCUT2D eigenvalue weighted by atomic mass is 10.0. The first-order valence-corrected chi connectivity index (χ1v) is 12.0. The number of nitrogens with one attached hydrogen (secondary N) is 2. The number of carbonyl (C=O) groups excluding carboxylic acids is 4. The Bertz CT molecular complexity index is 1190. The summed E-state index contributed by atoms with van der Waals surface area (Å²) < 4.78 is 15.4. The van der Waals surface area contributed by atoms with Gasteiger partial charge in [-0.2, -0.15) is 0 Å². The summed E-state index contributed by atoms with van der Waals surface area (Å²) in [5.41, 5.74) is 2.29. The Morgan fingerprint density at radius 3 is 1.71 bits per heavy atom. The van der Waals surface area contributed by atoms with Crippen LogP contribution in [0, 0.1) is 5.92 Å². The van der Waals surface area contributed by atoms with E-state index in [1.54, 1.807) is 60.7 Å². The Hall–Kier alpha value is -4.66. The number of benzene rings is 3. The van der Waals surface area contributed by atoms with E-state index in [2.05, 4.69) is 10.6 Å². The Morgan fingerprint density at radius 2 is 1.18 bits per heavy atom. The zero-order valence-electron chi connectivity index (χ0n) is 21.0. The molecule has 0 heterocycles. The van der Waals surface area contributed by atoms with Crippen molar-refractivity contribution in [3.8, 4) is 0 Å².